The summed E-state index contributed by atoms with van der Waals surface area (Å²) in [6.07, 6.45) is 11.9. The van der Waals surface area contributed by atoms with Crippen molar-refractivity contribution in [2.45, 2.75) is 63.1 Å². The predicted octanol–water partition coefficient (Wildman–Crippen LogP) is 4.77. The second-order valence-electron chi connectivity index (χ2n) is 5.54. The summed E-state index contributed by atoms with van der Waals surface area (Å²) in [5.41, 5.74) is 0. The monoisotopic (exact) mass is 258 g/mol. The molecule has 2 atom stereocenters. The largest absolute Gasteiger partial charge is 0.0891 e. The molecule has 2 fully saturated rings. The van der Waals surface area contributed by atoms with E-state index in [1.165, 1.54) is 51.4 Å². The Labute approximate surface area is 97.0 Å². The molecular weight excluding hydrogens is 236 g/mol. The summed E-state index contributed by atoms with van der Waals surface area (Å²) in [4.78, 5) is 0.834. The first-order valence-electron chi connectivity index (χ1n) is 6.39. The Morgan fingerprint density at radius 3 is 2.21 bits per heavy atom. The van der Waals surface area contributed by atoms with Crippen LogP contribution in [0.2, 0.25) is 0 Å². The van der Waals surface area contributed by atoms with E-state index >= 15 is 0 Å². The third-order valence-corrected chi connectivity index (χ3v) is 5.21. The zero-order valence-corrected chi connectivity index (χ0v) is 10.9. The third-order valence-electron chi connectivity index (χ3n) is 4.38. The summed E-state index contributed by atoms with van der Waals surface area (Å²) >= 11 is 3.81. The maximum Gasteiger partial charge on any atom is 0.0148 e. The Bertz CT molecular complexity index is 170. The van der Waals surface area contributed by atoms with Gasteiger partial charge in [0.25, 0.3) is 0 Å². The van der Waals surface area contributed by atoms with Gasteiger partial charge >= 0.3 is 0 Å². The van der Waals surface area contributed by atoms with Crippen molar-refractivity contribution < 1.29 is 0 Å². The second-order valence-corrected chi connectivity index (χ2v) is 6.84. The zero-order chi connectivity index (χ0) is 9.97. The van der Waals surface area contributed by atoms with E-state index in [4.69, 9.17) is 0 Å². The molecule has 0 nitrogen and oxygen atoms in total. The van der Waals surface area contributed by atoms with Gasteiger partial charge in [0.05, 0.1) is 0 Å². The van der Waals surface area contributed by atoms with E-state index in [9.17, 15) is 0 Å². The Morgan fingerprint density at radius 2 is 1.57 bits per heavy atom. The molecule has 0 aromatic heterocycles. The molecule has 2 unspecified atom stereocenters. The quantitative estimate of drug-likeness (QED) is 0.595. The molecule has 14 heavy (non-hydrogen) atoms. The molecule has 0 amide bonds. The van der Waals surface area contributed by atoms with Gasteiger partial charge in [-0.15, -0.1) is 0 Å². The van der Waals surface area contributed by atoms with Crippen LogP contribution in [0.3, 0.4) is 0 Å². The number of halogens is 1. The lowest BCUT2D eigenvalue weighted by atomic mass is 9.71. The summed E-state index contributed by atoms with van der Waals surface area (Å²) in [6.45, 7) is 2.42. The first-order chi connectivity index (χ1) is 6.75. The van der Waals surface area contributed by atoms with Crippen molar-refractivity contribution in [3.8, 4) is 0 Å². The Hall–Kier alpha value is 0.480. The maximum absolute atomic E-state index is 3.81. The van der Waals surface area contributed by atoms with Crippen LogP contribution < -0.4 is 0 Å². The highest BCUT2D eigenvalue weighted by molar-refractivity contribution is 9.09. The van der Waals surface area contributed by atoms with Crippen LogP contribution in [0, 0.1) is 17.8 Å². The van der Waals surface area contributed by atoms with Gasteiger partial charge in [-0.3, -0.25) is 0 Å². The summed E-state index contributed by atoms with van der Waals surface area (Å²) in [5.74, 6) is 3.14. The fraction of sp³-hybridized carbons (Fsp3) is 1.00. The van der Waals surface area contributed by atoms with Crippen LogP contribution in [0.1, 0.15) is 58.3 Å². The minimum atomic E-state index is 0.834. The van der Waals surface area contributed by atoms with Crippen LogP contribution in [0.5, 0.6) is 0 Å². The normalized spacial score (nSPS) is 45.0. The SMILES string of the molecule is CC1CCC(C2CCCC(Br)C2)CC1. The minimum Gasteiger partial charge on any atom is -0.0891 e. The highest BCUT2D eigenvalue weighted by Gasteiger charge is 2.29. The van der Waals surface area contributed by atoms with Gasteiger partial charge in [0.1, 0.15) is 0 Å². The molecule has 0 aromatic rings. The van der Waals surface area contributed by atoms with Gasteiger partial charge in [0.2, 0.25) is 0 Å². The van der Waals surface area contributed by atoms with Crippen LogP contribution in [0.15, 0.2) is 0 Å². The molecule has 0 aromatic carbocycles. The van der Waals surface area contributed by atoms with Gasteiger partial charge in [-0.1, -0.05) is 48.5 Å². The van der Waals surface area contributed by atoms with Crippen molar-refractivity contribution in [2.24, 2.45) is 17.8 Å². The van der Waals surface area contributed by atoms with E-state index in [1.54, 1.807) is 0 Å². The van der Waals surface area contributed by atoms with Gasteiger partial charge in [-0.05, 0) is 43.4 Å². The zero-order valence-electron chi connectivity index (χ0n) is 9.34. The third kappa shape index (κ3) is 2.74. The van der Waals surface area contributed by atoms with Gasteiger partial charge in [-0.2, -0.15) is 0 Å². The number of hydrogen-bond acceptors (Lipinski definition) is 0. The Kier molecular flexibility index (Phi) is 3.93. The average molecular weight is 259 g/mol. The molecule has 2 rings (SSSR count). The van der Waals surface area contributed by atoms with E-state index in [1.807, 2.05) is 0 Å². The molecule has 0 N–H and O–H groups in total. The number of rotatable bonds is 1. The van der Waals surface area contributed by atoms with Crippen molar-refractivity contribution in [3.63, 3.8) is 0 Å². The lowest BCUT2D eigenvalue weighted by Crippen LogP contribution is -2.26. The molecule has 0 aliphatic heterocycles. The summed E-state index contributed by atoms with van der Waals surface area (Å²) in [5, 5.41) is 0. The summed E-state index contributed by atoms with van der Waals surface area (Å²) < 4.78 is 0. The summed E-state index contributed by atoms with van der Waals surface area (Å²) in [7, 11) is 0. The molecular formula is C13H23Br. The second kappa shape index (κ2) is 5.01. The van der Waals surface area contributed by atoms with E-state index in [2.05, 4.69) is 22.9 Å². The minimum absolute atomic E-state index is 0.834. The highest BCUT2D eigenvalue weighted by Crippen LogP contribution is 2.41. The number of hydrogen-bond donors (Lipinski definition) is 0. The lowest BCUT2D eigenvalue weighted by Gasteiger charge is -2.36. The molecule has 0 saturated heterocycles. The van der Waals surface area contributed by atoms with Gasteiger partial charge in [0.15, 0.2) is 0 Å². The molecule has 0 bridgehead atoms. The Morgan fingerprint density at radius 1 is 0.857 bits per heavy atom. The lowest BCUT2D eigenvalue weighted by molar-refractivity contribution is 0.176. The van der Waals surface area contributed by atoms with E-state index < -0.39 is 0 Å². The molecule has 1 heteroatoms. The van der Waals surface area contributed by atoms with Crippen LogP contribution in [-0.4, -0.2) is 4.83 Å². The van der Waals surface area contributed by atoms with Crippen molar-refractivity contribution in [1.82, 2.24) is 0 Å². The molecule has 2 aliphatic rings. The average Bonchev–Trinajstić information content (AvgIpc) is 2.19. The first-order valence-corrected chi connectivity index (χ1v) is 7.31. The van der Waals surface area contributed by atoms with Crippen molar-refractivity contribution in [3.05, 3.63) is 0 Å². The summed E-state index contributed by atoms with van der Waals surface area (Å²) in [6, 6.07) is 0. The van der Waals surface area contributed by atoms with Gasteiger partial charge in [-0.25, -0.2) is 0 Å². The van der Waals surface area contributed by atoms with E-state index in [-0.39, 0.29) is 0 Å². The van der Waals surface area contributed by atoms with Crippen LogP contribution in [-0.2, 0) is 0 Å². The highest BCUT2D eigenvalue weighted by atomic mass is 79.9. The van der Waals surface area contributed by atoms with Crippen LogP contribution in [0.4, 0.5) is 0 Å². The fourth-order valence-corrected chi connectivity index (χ4v) is 4.16. The first kappa shape index (κ1) is 11.0. The van der Waals surface area contributed by atoms with Crippen LogP contribution in [0.25, 0.3) is 0 Å². The molecule has 0 radical (unpaired) electrons. The molecule has 82 valence electrons. The van der Waals surface area contributed by atoms with Crippen molar-refractivity contribution in [1.29, 1.82) is 0 Å². The standard InChI is InChI=1S/C13H23Br/c1-10-5-7-11(8-6-10)12-3-2-4-13(14)9-12/h10-13H,2-9H2,1H3. The molecule has 0 spiro atoms. The Balaban J connectivity index is 1.82. The molecule has 0 heterocycles. The van der Waals surface area contributed by atoms with Gasteiger partial charge < -0.3 is 0 Å². The van der Waals surface area contributed by atoms with Crippen LogP contribution >= 0.6 is 15.9 Å². The molecule has 2 saturated carbocycles. The van der Waals surface area contributed by atoms with Crippen molar-refractivity contribution in [2.75, 3.05) is 0 Å². The fourth-order valence-electron chi connectivity index (χ4n) is 3.35. The molecule has 2 aliphatic carbocycles. The number of alkyl halides is 1. The van der Waals surface area contributed by atoms with Crippen molar-refractivity contribution >= 4 is 15.9 Å². The topological polar surface area (TPSA) is 0 Å². The maximum atomic E-state index is 3.81. The van der Waals surface area contributed by atoms with E-state index in [0.717, 1.165) is 22.6 Å². The smallest absolute Gasteiger partial charge is 0.0148 e. The van der Waals surface area contributed by atoms with E-state index in [0.29, 0.717) is 0 Å². The van der Waals surface area contributed by atoms with Gasteiger partial charge in [0, 0.05) is 4.83 Å². The predicted molar refractivity (Wildman–Crippen MR) is 65.8 cm³/mol.